The van der Waals surface area contributed by atoms with Crippen LogP contribution in [-0.4, -0.2) is 12.6 Å². The number of ether oxygens (including phenoxy) is 1. The molecule has 0 aliphatic carbocycles. The van der Waals surface area contributed by atoms with E-state index < -0.39 is 0 Å². The van der Waals surface area contributed by atoms with Crippen LogP contribution in [0.4, 0.5) is 0 Å². The Hall–Kier alpha value is -0.790. The van der Waals surface area contributed by atoms with Crippen molar-refractivity contribution in [2.24, 2.45) is 5.92 Å². The number of rotatable bonds is 4. The van der Waals surface area contributed by atoms with Gasteiger partial charge in [0.15, 0.2) is 0 Å². The number of carbonyl (C=O) groups is 1. The summed E-state index contributed by atoms with van der Waals surface area (Å²) in [5, 5.41) is 0. The smallest absolute Gasteiger partial charge is 0.334 e. The predicted molar refractivity (Wildman–Crippen MR) is 54.5 cm³/mol. The molecule has 0 heterocycles. The molecule has 2 heteroatoms. The maximum atomic E-state index is 11.5. The highest BCUT2D eigenvalue weighted by molar-refractivity contribution is 5.89. The van der Waals surface area contributed by atoms with Gasteiger partial charge in [0.1, 0.15) is 0 Å². The predicted octanol–water partition coefficient (Wildman–Crippen LogP) is 2.93. The quantitative estimate of drug-likeness (QED) is 0.496. The van der Waals surface area contributed by atoms with Gasteiger partial charge in [0.2, 0.25) is 0 Å². The SMILES string of the molecule is CCOC(=O)C(=C(C)C)C(C)CC. The molecule has 0 rings (SSSR count). The van der Waals surface area contributed by atoms with Gasteiger partial charge in [-0.05, 0) is 33.1 Å². The molecule has 0 aromatic carbocycles. The maximum Gasteiger partial charge on any atom is 0.334 e. The number of hydrogen-bond donors (Lipinski definition) is 0. The van der Waals surface area contributed by atoms with Crippen molar-refractivity contribution < 1.29 is 9.53 Å². The minimum atomic E-state index is -0.156. The zero-order valence-electron chi connectivity index (χ0n) is 9.31. The Morgan fingerprint density at radius 3 is 2.15 bits per heavy atom. The highest BCUT2D eigenvalue weighted by Gasteiger charge is 2.17. The van der Waals surface area contributed by atoms with Crippen LogP contribution >= 0.6 is 0 Å². The fourth-order valence-electron chi connectivity index (χ4n) is 1.31. The Balaban J connectivity index is 4.64. The van der Waals surface area contributed by atoms with E-state index in [0.29, 0.717) is 12.5 Å². The van der Waals surface area contributed by atoms with E-state index in [1.807, 2.05) is 20.8 Å². The molecule has 1 atom stereocenters. The van der Waals surface area contributed by atoms with E-state index in [9.17, 15) is 4.79 Å². The van der Waals surface area contributed by atoms with Gasteiger partial charge in [-0.1, -0.05) is 19.4 Å². The van der Waals surface area contributed by atoms with Crippen LogP contribution in [0.1, 0.15) is 41.0 Å². The van der Waals surface area contributed by atoms with Crippen molar-refractivity contribution >= 4 is 5.97 Å². The maximum absolute atomic E-state index is 11.5. The molecule has 0 aromatic heterocycles. The lowest BCUT2D eigenvalue weighted by Gasteiger charge is -2.14. The summed E-state index contributed by atoms with van der Waals surface area (Å²) in [6.07, 6.45) is 0.972. The largest absolute Gasteiger partial charge is 0.463 e. The Bertz CT molecular complexity index is 200. The zero-order valence-corrected chi connectivity index (χ0v) is 9.31. The molecular formula is C11H20O2. The summed E-state index contributed by atoms with van der Waals surface area (Å²) in [7, 11) is 0. The molecule has 0 saturated heterocycles. The fourth-order valence-corrected chi connectivity index (χ4v) is 1.31. The van der Waals surface area contributed by atoms with E-state index in [4.69, 9.17) is 4.74 Å². The second-order valence-electron chi connectivity index (χ2n) is 3.44. The minimum Gasteiger partial charge on any atom is -0.463 e. The first kappa shape index (κ1) is 12.2. The van der Waals surface area contributed by atoms with Crippen LogP contribution in [0.15, 0.2) is 11.1 Å². The van der Waals surface area contributed by atoms with Gasteiger partial charge in [-0.15, -0.1) is 0 Å². The number of esters is 1. The molecule has 0 aliphatic heterocycles. The van der Waals surface area contributed by atoms with Crippen LogP contribution in [0, 0.1) is 5.92 Å². The van der Waals surface area contributed by atoms with Crippen molar-refractivity contribution in [2.75, 3.05) is 6.61 Å². The third kappa shape index (κ3) is 3.62. The number of carbonyl (C=O) groups excluding carboxylic acids is 1. The lowest BCUT2D eigenvalue weighted by molar-refractivity contribution is -0.139. The van der Waals surface area contributed by atoms with Crippen molar-refractivity contribution in [3.8, 4) is 0 Å². The van der Waals surface area contributed by atoms with Crippen molar-refractivity contribution in [2.45, 2.75) is 41.0 Å². The molecule has 13 heavy (non-hydrogen) atoms. The topological polar surface area (TPSA) is 26.3 Å². The minimum absolute atomic E-state index is 0.156. The van der Waals surface area contributed by atoms with Gasteiger partial charge in [-0.25, -0.2) is 4.79 Å². The van der Waals surface area contributed by atoms with Gasteiger partial charge in [0.05, 0.1) is 6.61 Å². The summed E-state index contributed by atoms with van der Waals surface area (Å²) in [6.45, 7) is 10.3. The standard InChI is InChI=1S/C11H20O2/c1-6-9(5)10(8(3)4)11(12)13-7-2/h9H,6-7H2,1-5H3. The fraction of sp³-hybridized carbons (Fsp3) is 0.727. The summed E-state index contributed by atoms with van der Waals surface area (Å²) in [6, 6.07) is 0. The molecule has 76 valence electrons. The Kier molecular flexibility index (Phi) is 5.44. The average molecular weight is 184 g/mol. The first-order valence-corrected chi connectivity index (χ1v) is 4.89. The van der Waals surface area contributed by atoms with E-state index in [2.05, 4.69) is 13.8 Å². The molecule has 0 aromatic rings. The summed E-state index contributed by atoms with van der Waals surface area (Å²) >= 11 is 0. The van der Waals surface area contributed by atoms with E-state index >= 15 is 0 Å². The van der Waals surface area contributed by atoms with Crippen molar-refractivity contribution in [3.05, 3.63) is 11.1 Å². The van der Waals surface area contributed by atoms with Gasteiger partial charge in [-0.3, -0.25) is 0 Å². The monoisotopic (exact) mass is 184 g/mol. The van der Waals surface area contributed by atoms with Crippen LogP contribution in [-0.2, 0) is 9.53 Å². The van der Waals surface area contributed by atoms with Gasteiger partial charge in [0.25, 0.3) is 0 Å². The van der Waals surface area contributed by atoms with Gasteiger partial charge >= 0.3 is 5.97 Å². The van der Waals surface area contributed by atoms with E-state index in [1.54, 1.807) is 0 Å². The van der Waals surface area contributed by atoms with Crippen LogP contribution in [0.3, 0.4) is 0 Å². The molecule has 0 saturated carbocycles. The van der Waals surface area contributed by atoms with Crippen molar-refractivity contribution in [1.29, 1.82) is 0 Å². The van der Waals surface area contributed by atoms with Crippen LogP contribution in [0.5, 0.6) is 0 Å². The van der Waals surface area contributed by atoms with Crippen LogP contribution in [0.2, 0.25) is 0 Å². The van der Waals surface area contributed by atoms with Gasteiger partial charge < -0.3 is 4.74 Å². The van der Waals surface area contributed by atoms with E-state index in [-0.39, 0.29) is 5.97 Å². The third-order valence-electron chi connectivity index (χ3n) is 2.14. The summed E-state index contributed by atoms with van der Waals surface area (Å²) < 4.78 is 4.99. The van der Waals surface area contributed by atoms with Crippen LogP contribution < -0.4 is 0 Å². The first-order valence-electron chi connectivity index (χ1n) is 4.89. The molecule has 0 aliphatic rings. The molecule has 0 amide bonds. The van der Waals surface area contributed by atoms with Crippen LogP contribution in [0.25, 0.3) is 0 Å². The lowest BCUT2D eigenvalue weighted by atomic mass is 9.95. The molecule has 0 radical (unpaired) electrons. The molecule has 0 N–H and O–H groups in total. The molecule has 2 nitrogen and oxygen atoms in total. The number of allylic oxidation sites excluding steroid dienone is 1. The average Bonchev–Trinajstić information content (AvgIpc) is 2.04. The first-order chi connectivity index (χ1) is 6.04. The Morgan fingerprint density at radius 1 is 1.31 bits per heavy atom. The molecular weight excluding hydrogens is 164 g/mol. The Labute approximate surface area is 81.0 Å². The van der Waals surface area contributed by atoms with Crippen molar-refractivity contribution in [1.82, 2.24) is 0 Å². The molecule has 0 bridgehead atoms. The zero-order chi connectivity index (χ0) is 10.4. The summed E-state index contributed by atoms with van der Waals surface area (Å²) in [4.78, 5) is 11.5. The molecule has 1 unspecified atom stereocenters. The highest BCUT2D eigenvalue weighted by atomic mass is 16.5. The second-order valence-corrected chi connectivity index (χ2v) is 3.44. The Morgan fingerprint density at radius 2 is 1.85 bits per heavy atom. The lowest BCUT2D eigenvalue weighted by Crippen LogP contribution is -2.15. The molecule has 0 spiro atoms. The number of hydrogen-bond acceptors (Lipinski definition) is 2. The van der Waals surface area contributed by atoms with Crippen molar-refractivity contribution in [3.63, 3.8) is 0 Å². The van der Waals surface area contributed by atoms with E-state index in [0.717, 1.165) is 17.6 Å². The summed E-state index contributed by atoms with van der Waals surface area (Å²) in [5.74, 6) is 0.140. The van der Waals surface area contributed by atoms with E-state index in [1.165, 1.54) is 0 Å². The normalized spacial score (nSPS) is 12.1. The van der Waals surface area contributed by atoms with Gasteiger partial charge in [0, 0.05) is 5.57 Å². The van der Waals surface area contributed by atoms with Gasteiger partial charge in [-0.2, -0.15) is 0 Å². The third-order valence-corrected chi connectivity index (χ3v) is 2.14. The molecule has 0 fully saturated rings. The highest BCUT2D eigenvalue weighted by Crippen LogP contribution is 2.19. The second kappa shape index (κ2) is 5.79. The summed E-state index contributed by atoms with van der Waals surface area (Å²) in [5.41, 5.74) is 1.90.